The van der Waals surface area contributed by atoms with E-state index in [1.807, 2.05) is 0 Å². The Morgan fingerprint density at radius 1 is 1.25 bits per heavy atom. The van der Waals surface area contributed by atoms with Gasteiger partial charge in [0.1, 0.15) is 0 Å². The first-order chi connectivity index (χ1) is 9.28. The molecule has 0 aromatic carbocycles. The lowest BCUT2D eigenvalue weighted by atomic mass is 9.82. The van der Waals surface area contributed by atoms with Crippen LogP contribution in [0.15, 0.2) is 0 Å². The molecule has 2 saturated heterocycles. The van der Waals surface area contributed by atoms with Gasteiger partial charge < -0.3 is 10.1 Å². The largest absolute Gasteiger partial charge is 0.368 e. The molecule has 0 spiro atoms. The molecular formula is C16H32N2OS. The molecule has 0 amide bonds. The summed E-state index contributed by atoms with van der Waals surface area (Å²) in [4.78, 5) is 2.66. The SMILES string of the molecule is CCNC1C(CN2CCSCC2C)C(C)(C)OC1(C)C. The van der Waals surface area contributed by atoms with Gasteiger partial charge in [-0.15, -0.1) is 0 Å². The van der Waals surface area contributed by atoms with Crippen LogP contribution in [0.5, 0.6) is 0 Å². The van der Waals surface area contributed by atoms with Crippen molar-refractivity contribution in [1.29, 1.82) is 0 Å². The standard InChI is InChI=1S/C16H32N2OS/c1-7-17-14-13(15(3,4)19-16(14,5)6)10-18-8-9-20-11-12(18)2/h12-14,17H,7-11H2,1-6H3. The van der Waals surface area contributed by atoms with Gasteiger partial charge in [0.25, 0.3) is 0 Å². The molecule has 20 heavy (non-hydrogen) atoms. The van der Waals surface area contributed by atoms with Crippen LogP contribution in [-0.4, -0.2) is 59.3 Å². The van der Waals surface area contributed by atoms with Crippen LogP contribution in [0.4, 0.5) is 0 Å². The smallest absolute Gasteiger partial charge is 0.0790 e. The molecule has 0 radical (unpaired) electrons. The van der Waals surface area contributed by atoms with Gasteiger partial charge in [0, 0.05) is 42.6 Å². The molecule has 2 fully saturated rings. The number of nitrogens with zero attached hydrogens (tertiary/aromatic N) is 1. The maximum atomic E-state index is 6.40. The number of ether oxygens (including phenoxy) is 1. The van der Waals surface area contributed by atoms with Crippen LogP contribution in [0.1, 0.15) is 41.5 Å². The van der Waals surface area contributed by atoms with Gasteiger partial charge in [0.2, 0.25) is 0 Å². The van der Waals surface area contributed by atoms with Gasteiger partial charge in [0.15, 0.2) is 0 Å². The molecule has 2 aliphatic heterocycles. The van der Waals surface area contributed by atoms with Gasteiger partial charge in [-0.3, -0.25) is 4.90 Å². The molecule has 2 aliphatic rings. The van der Waals surface area contributed by atoms with Crippen molar-refractivity contribution in [2.45, 2.75) is 64.8 Å². The summed E-state index contributed by atoms with van der Waals surface area (Å²) in [6, 6.07) is 1.12. The number of nitrogens with one attached hydrogen (secondary N) is 1. The summed E-state index contributed by atoms with van der Waals surface area (Å²) in [5.41, 5.74) is -0.140. The van der Waals surface area contributed by atoms with Gasteiger partial charge in [0.05, 0.1) is 11.2 Å². The molecule has 3 nitrogen and oxygen atoms in total. The lowest BCUT2D eigenvalue weighted by Crippen LogP contribution is -2.53. The Bertz CT molecular complexity index is 332. The fourth-order valence-corrected chi connectivity index (χ4v) is 5.00. The van der Waals surface area contributed by atoms with Crippen LogP contribution >= 0.6 is 11.8 Å². The third-order valence-electron chi connectivity index (χ3n) is 4.93. The summed E-state index contributed by atoms with van der Waals surface area (Å²) in [5.74, 6) is 3.08. The van der Waals surface area contributed by atoms with Crippen molar-refractivity contribution in [1.82, 2.24) is 10.2 Å². The molecular weight excluding hydrogens is 268 g/mol. The number of thioether (sulfide) groups is 1. The predicted molar refractivity (Wildman–Crippen MR) is 88.6 cm³/mol. The molecule has 3 unspecified atom stereocenters. The number of hydrogen-bond acceptors (Lipinski definition) is 4. The minimum Gasteiger partial charge on any atom is -0.368 e. The van der Waals surface area contributed by atoms with Crippen LogP contribution in [0.2, 0.25) is 0 Å². The van der Waals surface area contributed by atoms with Crippen molar-refractivity contribution in [3.63, 3.8) is 0 Å². The Morgan fingerprint density at radius 3 is 2.55 bits per heavy atom. The second kappa shape index (κ2) is 6.15. The Kier molecular flexibility index (Phi) is 5.11. The van der Waals surface area contributed by atoms with Crippen molar-refractivity contribution in [2.24, 2.45) is 5.92 Å². The van der Waals surface area contributed by atoms with Gasteiger partial charge in [-0.25, -0.2) is 0 Å². The summed E-state index contributed by atoms with van der Waals surface area (Å²) in [7, 11) is 0. The Labute approximate surface area is 129 Å². The maximum Gasteiger partial charge on any atom is 0.0790 e. The van der Waals surface area contributed by atoms with Crippen LogP contribution in [0.3, 0.4) is 0 Å². The normalized spacial score (nSPS) is 37.2. The zero-order valence-corrected chi connectivity index (χ0v) is 14.8. The van der Waals surface area contributed by atoms with E-state index >= 15 is 0 Å². The highest BCUT2D eigenvalue weighted by Crippen LogP contribution is 2.43. The summed E-state index contributed by atoms with van der Waals surface area (Å²) in [6.07, 6.45) is 0. The molecule has 0 aliphatic carbocycles. The van der Waals surface area contributed by atoms with Crippen molar-refractivity contribution >= 4 is 11.8 Å². The number of likely N-dealkylation sites (N-methyl/N-ethyl adjacent to an activating group) is 1. The van der Waals surface area contributed by atoms with Crippen molar-refractivity contribution < 1.29 is 4.74 Å². The van der Waals surface area contributed by atoms with Crippen molar-refractivity contribution in [3.8, 4) is 0 Å². The molecule has 2 heterocycles. The van der Waals surface area contributed by atoms with Gasteiger partial charge in [-0.05, 0) is 41.2 Å². The van der Waals surface area contributed by atoms with Crippen molar-refractivity contribution in [3.05, 3.63) is 0 Å². The highest BCUT2D eigenvalue weighted by atomic mass is 32.2. The fraction of sp³-hybridized carbons (Fsp3) is 1.00. The fourth-order valence-electron chi connectivity index (χ4n) is 3.92. The Balaban J connectivity index is 2.13. The van der Waals surface area contributed by atoms with Gasteiger partial charge >= 0.3 is 0 Å². The minimum atomic E-state index is -0.0854. The highest BCUT2D eigenvalue weighted by molar-refractivity contribution is 7.99. The van der Waals surface area contributed by atoms with E-state index < -0.39 is 0 Å². The number of rotatable bonds is 4. The summed E-state index contributed by atoms with van der Waals surface area (Å²) in [6.45, 7) is 16.9. The van der Waals surface area contributed by atoms with E-state index in [0.29, 0.717) is 18.0 Å². The Hall–Kier alpha value is 0.230. The van der Waals surface area contributed by atoms with E-state index in [1.54, 1.807) is 0 Å². The molecule has 0 bridgehead atoms. The topological polar surface area (TPSA) is 24.5 Å². The first-order valence-corrected chi connectivity index (χ1v) is 9.18. The third-order valence-corrected chi connectivity index (χ3v) is 6.12. The van der Waals surface area contributed by atoms with E-state index in [1.165, 1.54) is 18.1 Å². The van der Waals surface area contributed by atoms with Gasteiger partial charge in [-0.1, -0.05) is 6.92 Å². The summed E-state index contributed by atoms with van der Waals surface area (Å²) < 4.78 is 6.40. The van der Waals surface area contributed by atoms with Crippen molar-refractivity contribution in [2.75, 3.05) is 31.1 Å². The molecule has 118 valence electrons. The second-order valence-electron chi connectivity index (χ2n) is 7.37. The lowest BCUT2D eigenvalue weighted by Gasteiger charge is -2.39. The molecule has 1 N–H and O–H groups in total. The zero-order chi connectivity index (χ0) is 15.0. The minimum absolute atomic E-state index is 0.0549. The second-order valence-corrected chi connectivity index (χ2v) is 8.52. The molecule has 0 saturated carbocycles. The van der Waals surface area contributed by atoms with E-state index in [4.69, 9.17) is 4.74 Å². The highest BCUT2D eigenvalue weighted by Gasteiger charge is 2.53. The first-order valence-electron chi connectivity index (χ1n) is 8.03. The molecule has 2 rings (SSSR count). The van der Waals surface area contributed by atoms with E-state index in [9.17, 15) is 0 Å². The average Bonchev–Trinajstić information content (AvgIpc) is 2.50. The lowest BCUT2D eigenvalue weighted by molar-refractivity contribution is -0.0799. The van der Waals surface area contributed by atoms with Crippen LogP contribution in [0, 0.1) is 5.92 Å². The molecule has 0 aromatic heterocycles. The zero-order valence-electron chi connectivity index (χ0n) is 14.0. The molecule has 0 aromatic rings. The quantitative estimate of drug-likeness (QED) is 0.862. The molecule has 4 heteroatoms. The van der Waals surface area contributed by atoms with E-state index in [0.717, 1.165) is 13.1 Å². The van der Waals surface area contributed by atoms with Crippen LogP contribution in [0.25, 0.3) is 0 Å². The van der Waals surface area contributed by atoms with E-state index in [2.05, 4.69) is 63.5 Å². The van der Waals surface area contributed by atoms with Crippen LogP contribution in [-0.2, 0) is 4.74 Å². The molecule has 3 atom stereocenters. The summed E-state index contributed by atoms with van der Waals surface area (Å²) >= 11 is 2.09. The Morgan fingerprint density at radius 2 is 1.95 bits per heavy atom. The third kappa shape index (κ3) is 3.34. The van der Waals surface area contributed by atoms with E-state index in [-0.39, 0.29) is 11.2 Å². The van der Waals surface area contributed by atoms with Crippen LogP contribution < -0.4 is 5.32 Å². The van der Waals surface area contributed by atoms with Gasteiger partial charge in [-0.2, -0.15) is 11.8 Å². The predicted octanol–water partition coefficient (Wildman–Crippen LogP) is 2.61. The first kappa shape index (κ1) is 16.6. The average molecular weight is 301 g/mol. The maximum absolute atomic E-state index is 6.40. The number of hydrogen-bond donors (Lipinski definition) is 1. The summed E-state index contributed by atoms with van der Waals surface area (Å²) in [5, 5.41) is 3.69. The monoisotopic (exact) mass is 300 g/mol.